The van der Waals surface area contributed by atoms with Crippen molar-refractivity contribution < 1.29 is 4.92 Å². The molecule has 0 saturated carbocycles. The third-order valence-electron chi connectivity index (χ3n) is 2.57. The van der Waals surface area contributed by atoms with Gasteiger partial charge in [0, 0.05) is 28.3 Å². The molecule has 0 spiro atoms. The van der Waals surface area contributed by atoms with E-state index in [-0.39, 0.29) is 10.7 Å². The molecule has 0 aromatic heterocycles. The van der Waals surface area contributed by atoms with Gasteiger partial charge in [0.1, 0.15) is 5.02 Å². The number of nitro groups is 1. The Morgan fingerprint density at radius 3 is 2.30 bits per heavy atom. The molecule has 4 nitrogen and oxygen atoms in total. The topological polar surface area (TPSA) is 55.2 Å². The molecule has 0 atom stereocenters. The Balaban J connectivity index is 2.14. The van der Waals surface area contributed by atoms with Crippen molar-refractivity contribution in [1.82, 2.24) is 0 Å². The predicted octanol–water partition coefficient (Wildman–Crippen LogP) is 5.17. The van der Waals surface area contributed by atoms with Gasteiger partial charge in [-0.3, -0.25) is 10.1 Å². The second kappa shape index (κ2) is 6.31. The molecule has 0 fully saturated rings. The van der Waals surface area contributed by atoms with Crippen LogP contribution in [-0.2, 0) is 6.54 Å². The molecule has 0 unspecified atom stereocenters. The Labute approximate surface area is 130 Å². The van der Waals surface area contributed by atoms with E-state index in [1.165, 1.54) is 12.1 Å². The minimum Gasteiger partial charge on any atom is -0.381 e. The van der Waals surface area contributed by atoms with Crippen LogP contribution in [0.4, 0.5) is 11.4 Å². The van der Waals surface area contributed by atoms with Crippen LogP contribution < -0.4 is 5.32 Å². The van der Waals surface area contributed by atoms with Crippen LogP contribution in [-0.4, -0.2) is 4.92 Å². The van der Waals surface area contributed by atoms with E-state index in [2.05, 4.69) is 5.32 Å². The van der Waals surface area contributed by atoms with Crippen LogP contribution in [0.1, 0.15) is 5.56 Å². The second-order valence-corrected chi connectivity index (χ2v) is 5.33. The molecular weight excluding hydrogens is 323 g/mol. The fourth-order valence-corrected chi connectivity index (χ4v) is 2.38. The lowest BCUT2D eigenvalue weighted by molar-refractivity contribution is -0.384. The summed E-state index contributed by atoms with van der Waals surface area (Å²) in [5.41, 5.74) is 1.35. The summed E-state index contributed by atoms with van der Waals surface area (Å²) >= 11 is 17.5. The van der Waals surface area contributed by atoms with E-state index in [4.69, 9.17) is 34.8 Å². The van der Waals surface area contributed by atoms with E-state index in [9.17, 15) is 10.1 Å². The van der Waals surface area contributed by atoms with Crippen molar-refractivity contribution in [2.45, 2.75) is 6.54 Å². The number of nitrogens with one attached hydrogen (secondary N) is 1. The molecule has 0 heterocycles. The summed E-state index contributed by atoms with van der Waals surface area (Å²) in [6, 6.07) is 9.72. The van der Waals surface area contributed by atoms with Crippen molar-refractivity contribution in [1.29, 1.82) is 0 Å². The molecule has 2 aromatic carbocycles. The molecule has 0 amide bonds. The molecule has 0 radical (unpaired) electrons. The second-order valence-electron chi connectivity index (χ2n) is 4.05. The average Bonchev–Trinajstić information content (AvgIpc) is 2.36. The maximum absolute atomic E-state index is 10.8. The third-order valence-corrected chi connectivity index (χ3v) is 3.32. The van der Waals surface area contributed by atoms with Crippen molar-refractivity contribution in [2.75, 3.05) is 5.32 Å². The highest BCUT2D eigenvalue weighted by Crippen LogP contribution is 2.26. The van der Waals surface area contributed by atoms with Gasteiger partial charge in [0.05, 0.1) is 4.92 Å². The van der Waals surface area contributed by atoms with Gasteiger partial charge >= 0.3 is 0 Å². The standard InChI is InChI=1S/C13H9Cl3N2O2/c14-9-4-10(15)6-11(5-9)17-7-8-1-2-12(16)13(3-8)18(19)20/h1-6,17H,7H2. The lowest BCUT2D eigenvalue weighted by Gasteiger charge is -2.08. The molecule has 20 heavy (non-hydrogen) atoms. The Morgan fingerprint density at radius 1 is 1.05 bits per heavy atom. The lowest BCUT2D eigenvalue weighted by atomic mass is 10.2. The number of nitrogens with zero attached hydrogens (tertiary/aromatic N) is 1. The molecule has 2 rings (SSSR count). The molecule has 0 aliphatic heterocycles. The van der Waals surface area contributed by atoms with Gasteiger partial charge in [-0.2, -0.15) is 0 Å². The molecule has 0 aliphatic carbocycles. The van der Waals surface area contributed by atoms with Gasteiger partial charge < -0.3 is 5.32 Å². The zero-order valence-corrected chi connectivity index (χ0v) is 12.3. The van der Waals surface area contributed by atoms with E-state index in [0.29, 0.717) is 16.6 Å². The van der Waals surface area contributed by atoms with Crippen LogP contribution in [0.15, 0.2) is 36.4 Å². The quantitative estimate of drug-likeness (QED) is 0.621. The molecule has 0 aliphatic rings. The number of benzene rings is 2. The van der Waals surface area contributed by atoms with Crippen molar-refractivity contribution >= 4 is 46.2 Å². The normalized spacial score (nSPS) is 10.3. The number of halogens is 3. The fraction of sp³-hybridized carbons (Fsp3) is 0.0769. The molecule has 0 saturated heterocycles. The van der Waals surface area contributed by atoms with Crippen LogP contribution in [0.5, 0.6) is 0 Å². The minimum atomic E-state index is -0.512. The van der Waals surface area contributed by atoms with Crippen LogP contribution in [0, 0.1) is 10.1 Å². The first-order valence-corrected chi connectivity index (χ1v) is 6.72. The maximum Gasteiger partial charge on any atom is 0.288 e. The number of hydrogen-bond acceptors (Lipinski definition) is 3. The lowest BCUT2D eigenvalue weighted by Crippen LogP contribution is -2.00. The van der Waals surface area contributed by atoms with Gasteiger partial charge in [0.25, 0.3) is 5.69 Å². The predicted molar refractivity (Wildman–Crippen MR) is 81.9 cm³/mol. The van der Waals surface area contributed by atoms with Gasteiger partial charge in [0.2, 0.25) is 0 Å². The van der Waals surface area contributed by atoms with Gasteiger partial charge in [-0.25, -0.2) is 0 Å². The van der Waals surface area contributed by atoms with E-state index < -0.39 is 4.92 Å². The first kappa shape index (κ1) is 14.9. The zero-order valence-electron chi connectivity index (χ0n) is 10.1. The zero-order chi connectivity index (χ0) is 14.7. The summed E-state index contributed by atoms with van der Waals surface area (Å²) in [5.74, 6) is 0. The average molecular weight is 332 g/mol. The Hall–Kier alpha value is -1.49. The smallest absolute Gasteiger partial charge is 0.288 e. The third kappa shape index (κ3) is 3.76. The van der Waals surface area contributed by atoms with Crippen molar-refractivity contribution in [3.63, 3.8) is 0 Å². The van der Waals surface area contributed by atoms with Gasteiger partial charge in [-0.15, -0.1) is 0 Å². The first-order valence-electron chi connectivity index (χ1n) is 5.58. The maximum atomic E-state index is 10.8. The number of hydrogen-bond donors (Lipinski definition) is 1. The number of rotatable bonds is 4. The van der Waals surface area contributed by atoms with Gasteiger partial charge in [0.15, 0.2) is 0 Å². The summed E-state index contributed by atoms with van der Waals surface area (Å²) in [5, 5.41) is 15.0. The van der Waals surface area contributed by atoms with E-state index in [0.717, 1.165) is 11.3 Å². The highest BCUT2D eigenvalue weighted by atomic mass is 35.5. The molecular formula is C13H9Cl3N2O2. The summed E-state index contributed by atoms with van der Waals surface area (Å²) < 4.78 is 0. The molecule has 1 N–H and O–H groups in total. The van der Waals surface area contributed by atoms with E-state index in [1.807, 2.05) is 0 Å². The highest BCUT2D eigenvalue weighted by Gasteiger charge is 2.12. The molecule has 7 heteroatoms. The van der Waals surface area contributed by atoms with Crippen molar-refractivity contribution in [2.24, 2.45) is 0 Å². The highest BCUT2D eigenvalue weighted by molar-refractivity contribution is 6.35. The number of anilines is 1. The van der Waals surface area contributed by atoms with E-state index >= 15 is 0 Å². The summed E-state index contributed by atoms with van der Waals surface area (Å²) in [7, 11) is 0. The van der Waals surface area contributed by atoms with Gasteiger partial charge in [-0.05, 0) is 29.8 Å². The monoisotopic (exact) mass is 330 g/mol. The molecule has 104 valence electrons. The Kier molecular flexibility index (Phi) is 4.70. The number of nitro benzene ring substituents is 1. The summed E-state index contributed by atoms with van der Waals surface area (Å²) in [6.45, 7) is 0.398. The van der Waals surface area contributed by atoms with E-state index in [1.54, 1.807) is 24.3 Å². The first-order chi connectivity index (χ1) is 9.45. The molecule has 0 bridgehead atoms. The largest absolute Gasteiger partial charge is 0.381 e. The Bertz CT molecular complexity index is 642. The Morgan fingerprint density at radius 2 is 1.70 bits per heavy atom. The van der Waals surface area contributed by atoms with Crippen LogP contribution in [0.2, 0.25) is 15.1 Å². The SMILES string of the molecule is O=[N+]([O-])c1cc(CNc2cc(Cl)cc(Cl)c2)ccc1Cl. The van der Waals surface area contributed by atoms with Crippen LogP contribution >= 0.6 is 34.8 Å². The minimum absolute atomic E-state index is 0.115. The molecule has 2 aromatic rings. The summed E-state index contributed by atoms with van der Waals surface area (Å²) in [4.78, 5) is 10.3. The summed E-state index contributed by atoms with van der Waals surface area (Å²) in [6.07, 6.45) is 0. The van der Waals surface area contributed by atoms with Gasteiger partial charge in [-0.1, -0.05) is 40.9 Å². The van der Waals surface area contributed by atoms with Crippen molar-refractivity contribution in [3.8, 4) is 0 Å². The fourth-order valence-electron chi connectivity index (χ4n) is 1.67. The van der Waals surface area contributed by atoms with Crippen molar-refractivity contribution in [3.05, 3.63) is 67.1 Å². The van der Waals surface area contributed by atoms with Crippen LogP contribution in [0.3, 0.4) is 0 Å². The van der Waals surface area contributed by atoms with Crippen LogP contribution in [0.25, 0.3) is 0 Å².